The summed E-state index contributed by atoms with van der Waals surface area (Å²) in [5, 5.41) is 12.6. The van der Waals surface area contributed by atoms with Crippen LogP contribution >= 0.6 is 12.2 Å². The number of benzene rings is 1. The molecule has 0 aliphatic heterocycles. The molecule has 1 fully saturated rings. The number of hydrogen-bond donors (Lipinski definition) is 3. The van der Waals surface area contributed by atoms with Crippen LogP contribution in [0, 0.1) is 4.77 Å². The molecule has 1 amide bonds. The van der Waals surface area contributed by atoms with Gasteiger partial charge in [0.25, 0.3) is 5.91 Å². The van der Waals surface area contributed by atoms with Gasteiger partial charge < -0.3 is 15.4 Å². The largest absolute Gasteiger partial charge is 0.393 e. The second-order valence-electron chi connectivity index (χ2n) is 5.63. The molecule has 1 aromatic heterocycles. The molecule has 3 N–H and O–H groups in total. The van der Waals surface area contributed by atoms with Crippen LogP contribution in [0.4, 0.5) is 0 Å². The van der Waals surface area contributed by atoms with E-state index in [1.165, 1.54) is 0 Å². The van der Waals surface area contributed by atoms with Crippen molar-refractivity contribution in [3.8, 4) is 5.69 Å². The van der Waals surface area contributed by atoms with Crippen LogP contribution in [0.3, 0.4) is 0 Å². The SMILES string of the molecule is O=C(NC1CCC(O)CC1)c1c[nH]c(=S)n1-c1ccccc1. The van der Waals surface area contributed by atoms with Crippen molar-refractivity contribution in [2.45, 2.75) is 37.8 Å². The third-order valence-electron chi connectivity index (χ3n) is 4.06. The van der Waals surface area contributed by atoms with Gasteiger partial charge in [-0.2, -0.15) is 0 Å². The normalized spacial score (nSPS) is 21.5. The molecule has 1 saturated carbocycles. The van der Waals surface area contributed by atoms with Crippen LogP contribution < -0.4 is 5.32 Å². The van der Waals surface area contributed by atoms with Crippen molar-refractivity contribution in [3.05, 3.63) is 47.0 Å². The van der Waals surface area contributed by atoms with Gasteiger partial charge in [0.15, 0.2) is 4.77 Å². The molecule has 1 heterocycles. The van der Waals surface area contributed by atoms with Crippen molar-refractivity contribution in [3.63, 3.8) is 0 Å². The molecule has 0 spiro atoms. The molecule has 1 aliphatic carbocycles. The van der Waals surface area contributed by atoms with Crippen molar-refractivity contribution in [2.75, 3.05) is 0 Å². The monoisotopic (exact) mass is 317 g/mol. The second-order valence-corrected chi connectivity index (χ2v) is 6.02. The number of aromatic amines is 1. The Balaban J connectivity index is 1.81. The quantitative estimate of drug-likeness (QED) is 0.762. The minimum atomic E-state index is -0.228. The first-order chi connectivity index (χ1) is 10.6. The molecule has 0 bridgehead atoms. The number of amides is 1. The topological polar surface area (TPSA) is 70.1 Å². The number of para-hydroxylation sites is 1. The zero-order valence-corrected chi connectivity index (χ0v) is 13.0. The number of aliphatic hydroxyl groups is 1. The molecule has 1 aromatic carbocycles. The van der Waals surface area contributed by atoms with Crippen LogP contribution in [-0.2, 0) is 0 Å². The third kappa shape index (κ3) is 3.13. The smallest absolute Gasteiger partial charge is 0.270 e. The number of nitrogens with zero attached hydrogens (tertiary/aromatic N) is 1. The highest BCUT2D eigenvalue weighted by atomic mass is 32.1. The molecular weight excluding hydrogens is 298 g/mol. The van der Waals surface area contributed by atoms with Crippen molar-refractivity contribution in [1.82, 2.24) is 14.9 Å². The third-order valence-corrected chi connectivity index (χ3v) is 4.36. The van der Waals surface area contributed by atoms with Crippen LogP contribution in [0.5, 0.6) is 0 Å². The lowest BCUT2D eigenvalue weighted by Crippen LogP contribution is -2.39. The van der Waals surface area contributed by atoms with Gasteiger partial charge in [-0.25, -0.2) is 0 Å². The maximum Gasteiger partial charge on any atom is 0.270 e. The number of carbonyl (C=O) groups excluding carboxylic acids is 1. The Morgan fingerprint density at radius 1 is 1.23 bits per heavy atom. The fraction of sp³-hybridized carbons (Fsp3) is 0.375. The standard InChI is InChI=1S/C16H19N3O2S/c20-13-8-6-11(7-9-13)18-15(21)14-10-17-16(22)19(14)12-4-2-1-3-5-12/h1-5,10-11,13,20H,6-9H2,(H,17,22)(H,18,21). The number of carbonyl (C=O) groups is 1. The molecule has 1 aliphatic rings. The van der Waals surface area contributed by atoms with Gasteiger partial charge in [0, 0.05) is 17.9 Å². The minimum Gasteiger partial charge on any atom is -0.393 e. The lowest BCUT2D eigenvalue weighted by atomic mass is 9.93. The van der Waals surface area contributed by atoms with Crippen LogP contribution in [0.25, 0.3) is 5.69 Å². The Labute approximate surface area is 134 Å². The molecule has 3 rings (SSSR count). The molecule has 0 unspecified atom stereocenters. The van der Waals surface area contributed by atoms with E-state index in [2.05, 4.69) is 10.3 Å². The minimum absolute atomic E-state index is 0.114. The predicted molar refractivity (Wildman–Crippen MR) is 86.7 cm³/mol. The predicted octanol–water partition coefficient (Wildman–Crippen LogP) is 2.57. The van der Waals surface area contributed by atoms with Gasteiger partial charge in [0.1, 0.15) is 5.69 Å². The molecule has 6 heteroatoms. The lowest BCUT2D eigenvalue weighted by Gasteiger charge is -2.26. The van der Waals surface area contributed by atoms with E-state index in [4.69, 9.17) is 12.2 Å². The number of nitrogens with one attached hydrogen (secondary N) is 2. The van der Waals surface area contributed by atoms with Gasteiger partial charge >= 0.3 is 0 Å². The summed E-state index contributed by atoms with van der Waals surface area (Å²) in [5.41, 5.74) is 1.36. The van der Waals surface area contributed by atoms with Crippen molar-refractivity contribution in [2.24, 2.45) is 0 Å². The maximum absolute atomic E-state index is 12.5. The Hall–Kier alpha value is -1.92. The summed E-state index contributed by atoms with van der Waals surface area (Å²) in [7, 11) is 0. The first-order valence-electron chi connectivity index (χ1n) is 7.50. The van der Waals surface area contributed by atoms with Crippen LogP contribution in [-0.4, -0.2) is 32.7 Å². The number of hydrogen-bond acceptors (Lipinski definition) is 3. The summed E-state index contributed by atoms with van der Waals surface area (Å²) >= 11 is 5.29. The highest BCUT2D eigenvalue weighted by Crippen LogP contribution is 2.19. The van der Waals surface area contributed by atoms with E-state index in [-0.39, 0.29) is 18.1 Å². The van der Waals surface area contributed by atoms with E-state index in [0.717, 1.165) is 31.4 Å². The Morgan fingerprint density at radius 3 is 2.59 bits per heavy atom. The highest BCUT2D eigenvalue weighted by Gasteiger charge is 2.23. The van der Waals surface area contributed by atoms with Gasteiger partial charge in [-0.3, -0.25) is 9.36 Å². The first kappa shape index (κ1) is 15.0. The number of aliphatic hydroxyl groups excluding tert-OH is 1. The molecule has 0 radical (unpaired) electrons. The van der Waals surface area contributed by atoms with Crippen LogP contribution in [0.1, 0.15) is 36.2 Å². The molecule has 0 atom stereocenters. The van der Waals surface area contributed by atoms with Crippen molar-refractivity contribution in [1.29, 1.82) is 0 Å². The second kappa shape index (κ2) is 6.46. The van der Waals surface area contributed by atoms with Crippen LogP contribution in [0.15, 0.2) is 36.5 Å². The Bertz CT molecular complexity index is 700. The number of aromatic nitrogens is 2. The maximum atomic E-state index is 12.5. The number of imidazole rings is 1. The highest BCUT2D eigenvalue weighted by molar-refractivity contribution is 7.71. The zero-order valence-electron chi connectivity index (χ0n) is 12.2. The van der Waals surface area contributed by atoms with Gasteiger partial charge in [0.2, 0.25) is 0 Å². The zero-order chi connectivity index (χ0) is 15.5. The van der Waals surface area contributed by atoms with Crippen molar-refractivity contribution >= 4 is 18.1 Å². The van der Waals surface area contributed by atoms with E-state index >= 15 is 0 Å². The molecular formula is C16H19N3O2S. The van der Waals surface area contributed by atoms with E-state index in [9.17, 15) is 9.90 Å². The Kier molecular flexibility index (Phi) is 4.40. The molecule has 5 nitrogen and oxygen atoms in total. The summed E-state index contributed by atoms with van der Waals surface area (Å²) in [4.78, 5) is 15.5. The summed E-state index contributed by atoms with van der Waals surface area (Å²) < 4.78 is 2.23. The fourth-order valence-electron chi connectivity index (χ4n) is 2.85. The average Bonchev–Trinajstić information content (AvgIpc) is 2.92. The summed E-state index contributed by atoms with van der Waals surface area (Å²) in [6.45, 7) is 0. The van der Waals surface area contributed by atoms with E-state index in [0.29, 0.717) is 10.5 Å². The Morgan fingerprint density at radius 2 is 1.91 bits per heavy atom. The van der Waals surface area contributed by atoms with Crippen LogP contribution in [0.2, 0.25) is 0 Å². The summed E-state index contributed by atoms with van der Waals surface area (Å²) in [6.07, 6.45) is 4.51. The van der Waals surface area contributed by atoms with E-state index < -0.39 is 0 Å². The first-order valence-corrected chi connectivity index (χ1v) is 7.91. The van der Waals surface area contributed by atoms with E-state index in [1.807, 2.05) is 30.3 Å². The average molecular weight is 317 g/mol. The van der Waals surface area contributed by atoms with Gasteiger partial charge in [0.05, 0.1) is 6.10 Å². The fourth-order valence-corrected chi connectivity index (χ4v) is 3.11. The summed E-state index contributed by atoms with van der Waals surface area (Å²) in [6, 6.07) is 9.69. The molecule has 0 saturated heterocycles. The molecule has 116 valence electrons. The van der Waals surface area contributed by atoms with Gasteiger partial charge in [-0.05, 0) is 50.0 Å². The number of rotatable bonds is 3. The number of H-pyrrole nitrogens is 1. The van der Waals surface area contributed by atoms with E-state index in [1.54, 1.807) is 10.8 Å². The molecule has 2 aromatic rings. The lowest BCUT2D eigenvalue weighted by molar-refractivity contribution is 0.0861. The van der Waals surface area contributed by atoms with Gasteiger partial charge in [-0.15, -0.1) is 0 Å². The summed E-state index contributed by atoms with van der Waals surface area (Å²) in [5.74, 6) is -0.141. The molecule has 22 heavy (non-hydrogen) atoms. The van der Waals surface area contributed by atoms with Gasteiger partial charge in [-0.1, -0.05) is 18.2 Å². The van der Waals surface area contributed by atoms with Crippen molar-refractivity contribution < 1.29 is 9.90 Å².